The van der Waals surface area contributed by atoms with Gasteiger partial charge in [0.1, 0.15) is 0 Å². The molecule has 5 heteroatoms. The van der Waals surface area contributed by atoms with E-state index in [0.29, 0.717) is 0 Å². The molecule has 0 aromatic carbocycles. The molecule has 0 bridgehead atoms. The summed E-state index contributed by atoms with van der Waals surface area (Å²) >= 11 is 0. The second-order valence-electron chi connectivity index (χ2n) is 4.12. The molecular weight excluding hydrogens is 202 g/mol. The van der Waals surface area contributed by atoms with E-state index < -0.39 is 0 Å². The molecule has 1 aromatic rings. The highest BCUT2D eigenvalue weighted by molar-refractivity contribution is 5.38. The first-order valence-corrected chi connectivity index (χ1v) is 6.08. The van der Waals surface area contributed by atoms with Gasteiger partial charge in [0, 0.05) is 19.6 Å². The maximum absolute atomic E-state index is 4.48. The molecule has 1 aromatic heterocycles. The van der Waals surface area contributed by atoms with Crippen LogP contribution in [0.4, 0.5) is 11.8 Å². The first kappa shape index (κ1) is 11.1. The third-order valence-corrected chi connectivity index (χ3v) is 2.74. The van der Waals surface area contributed by atoms with Crippen molar-refractivity contribution in [3.05, 3.63) is 6.20 Å². The summed E-state index contributed by atoms with van der Waals surface area (Å²) in [6, 6.07) is 0. The van der Waals surface area contributed by atoms with Crippen molar-refractivity contribution in [2.45, 2.75) is 32.6 Å². The molecule has 0 radical (unpaired) electrons. The Morgan fingerprint density at radius 1 is 1.31 bits per heavy atom. The van der Waals surface area contributed by atoms with E-state index in [9.17, 15) is 0 Å². The lowest BCUT2D eigenvalue weighted by Gasteiger charge is -2.26. The molecule has 2 rings (SSSR count). The summed E-state index contributed by atoms with van der Waals surface area (Å²) in [4.78, 5) is 6.69. The van der Waals surface area contributed by atoms with Crippen molar-refractivity contribution in [1.29, 1.82) is 0 Å². The standard InChI is InChI=1S/C11H19N5/c1-2-6-12-10-9-13-15-11(14-10)16-7-4-3-5-8-16/h9H,2-8H2,1H3,(H,12,14,15). The van der Waals surface area contributed by atoms with Gasteiger partial charge in [-0.25, -0.2) is 0 Å². The fraction of sp³-hybridized carbons (Fsp3) is 0.727. The molecule has 0 aliphatic carbocycles. The van der Waals surface area contributed by atoms with Gasteiger partial charge in [0.05, 0.1) is 6.20 Å². The first-order valence-electron chi connectivity index (χ1n) is 6.08. The van der Waals surface area contributed by atoms with Crippen molar-refractivity contribution in [3.8, 4) is 0 Å². The van der Waals surface area contributed by atoms with Gasteiger partial charge in [0.15, 0.2) is 5.82 Å². The van der Waals surface area contributed by atoms with E-state index in [1.165, 1.54) is 19.3 Å². The molecule has 1 N–H and O–H groups in total. The summed E-state index contributed by atoms with van der Waals surface area (Å²) in [6.07, 6.45) is 6.55. The van der Waals surface area contributed by atoms with Crippen LogP contribution in [0.5, 0.6) is 0 Å². The van der Waals surface area contributed by atoms with Crippen LogP contribution in [0, 0.1) is 0 Å². The second kappa shape index (κ2) is 5.63. The lowest BCUT2D eigenvalue weighted by atomic mass is 10.1. The van der Waals surface area contributed by atoms with Gasteiger partial charge in [-0.1, -0.05) is 6.92 Å². The molecule has 1 aliphatic rings. The molecule has 0 spiro atoms. The maximum atomic E-state index is 4.48. The van der Waals surface area contributed by atoms with E-state index in [1.54, 1.807) is 6.20 Å². The molecule has 88 valence electrons. The number of hydrogen-bond donors (Lipinski definition) is 1. The SMILES string of the molecule is CCCNc1cnnc(N2CCCCC2)n1. The average molecular weight is 221 g/mol. The summed E-state index contributed by atoms with van der Waals surface area (Å²) < 4.78 is 0. The van der Waals surface area contributed by atoms with Crippen LogP contribution < -0.4 is 10.2 Å². The van der Waals surface area contributed by atoms with Crippen molar-refractivity contribution in [1.82, 2.24) is 15.2 Å². The largest absolute Gasteiger partial charge is 0.369 e. The molecule has 0 amide bonds. The minimum Gasteiger partial charge on any atom is -0.369 e. The van der Waals surface area contributed by atoms with Crippen LogP contribution in [0.2, 0.25) is 0 Å². The molecule has 0 atom stereocenters. The summed E-state index contributed by atoms with van der Waals surface area (Å²) in [5.74, 6) is 1.60. The highest BCUT2D eigenvalue weighted by atomic mass is 15.3. The van der Waals surface area contributed by atoms with Crippen LogP contribution >= 0.6 is 0 Å². The van der Waals surface area contributed by atoms with Crippen molar-refractivity contribution in [3.63, 3.8) is 0 Å². The fourth-order valence-electron chi connectivity index (χ4n) is 1.86. The predicted octanol–water partition coefficient (Wildman–Crippen LogP) is 1.68. The summed E-state index contributed by atoms with van der Waals surface area (Å²) in [5, 5.41) is 11.3. The Balaban J connectivity index is 2.02. The Hall–Kier alpha value is -1.39. The van der Waals surface area contributed by atoms with Gasteiger partial charge in [-0.3, -0.25) is 0 Å². The van der Waals surface area contributed by atoms with Crippen LogP contribution in [0.3, 0.4) is 0 Å². The number of piperidine rings is 1. The molecule has 0 saturated carbocycles. The maximum Gasteiger partial charge on any atom is 0.247 e. The van der Waals surface area contributed by atoms with E-state index in [2.05, 4.69) is 32.3 Å². The topological polar surface area (TPSA) is 53.9 Å². The van der Waals surface area contributed by atoms with E-state index in [-0.39, 0.29) is 0 Å². The van der Waals surface area contributed by atoms with Gasteiger partial charge in [0.2, 0.25) is 5.95 Å². The third-order valence-electron chi connectivity index (χ3n) is 2.74. The molecule has 0 unspecified atom stereocenters. The highest BCUT2D eigenvalue weighted by Gasteiger charge is 2.13. The predicted molar refractivity (Wildman–Crippen MR) is 64.7 cm³/mol. The number of hydrogen-bond acceptors (Lipinski definition) is 5. The summed E-state index contributed by atoms with van der Waals surface area (Å²) in [6.45, 7) is 5.17. The Bertz CT molecular complexity index is 322. The number of aromatic nitrogens is 3. The molecule has 5 nitrogen and oxygen atoms in total. The van der Waals surface area contributed by atoms with Gasteiger partial charge in [-0.15, -0.1) is 5.10 Å². The van der Waals surface area contributed by atoms with E-state index in [1.807, 2.05) is 0 Å². The molecule has 2 heterocycles. The summed E-state index contributed by atoms with van der Waals surface area (Å²) in [5.41, 5.74) is 0. The Morgan fingerprint density at radius 2 is 2.12 bits per heavy atom. The third kappa shape index (κ3) is 2.81. The lowest BCUT2D eigenvalue weighted by Crippen LogP contribution is -2.31. The lowest BCUT2D eigenvalue weighted by molar-refractivity contribution is 0.565. The minimum atomic E-state index is 0.765. The first-order chi connectivity index (χ1) is 7.90. The molecule has 1 saturated heterocycles. The molecule has 1 fully saturated rings. The zero-order valence-corrected chi connectivity index (χ0v) is 9.82. The fourth-order valence-corrected chi connectivity index (χ4v) is 1.86. The Morgan fingerprint density at radius 3 is 2.88 bits per heavy atom. The van der Waals surface area contributed by atoms with Gasteiger partial charge in [0.25, 0.3) is 0 Å². The minimum absolute atomic E-state index is 0.765. The monoisotopic (exact) mass is 221 g/mol. The van der Waals surface area contributed by atoms with Crippen molar-refractivity contribution < 1.29 is 0 Å². The van der Waals surface area contributed by atoms with E-state index >= 15 is 0 Å². The zero-order valence-electron chi connectivity index (χ0n) is 9.82. The molecule has 1 aliphatic heterocycles. The number of nitrogens with one attached hydrogen (secondary N) is 1. The zero-order chi connectivity index (χ0) is 11.2. The van der Waals surface area contributed by atoms with Crippen LogP contribution in [0.15, 0.2) is 6.20 Å². The van der Waals surface area contributed by atoms with Crippen molar-refractivity contribution in [2.24, 2.45) is 0 Å². The second-order valence-corrected chi connectivity index (χ2v) is 4.12. The van der Waals surface area contributed by atoms with Gasteiger partial charge in [-0.2, -0.15) is 10.1 Å². The van der Waals surface area contributed by atoms with Gasteiger partial charge >= 0.3 is 0 Å². The number of anilines is 2. The quantitative estimate of drug-likeness (QED) is 0.838. The van der Waals surface area contributed by atoms with E-state index in [4.69, 9.17) is 0 Å². The van der Waals surface area contributed by atoms with Crippen molar-refractivity contribution in [2.75, 3.05) is 29.9 Å². The number of rotatable bonds is 4. The smallest absolute Gasteiger partial charge is 0.247 e. The normalized spacial score (nSPS) is 16.2. The van der Waals surface area contributed by atoms with Crippen LogP contribution in [0.1, 0.15) is 32.6 Å². The van der Waals surface area contributed by atoms with E-state index in [0.717, 1.165) is 37.8 Å². The summed E-state index contributed by atoms with van der Waals surface area (Å²) in [7, 11) is 0. The number of nitrogens with zero attached hydrogens (tertiary/aromatic N) is 4. The Labute approximate surface area is 96.3 Å². The van der Waals surface area contributed by atoms with Crippen LogP contribution in [-0.2, 0) is 0 Å². The molecule has 16 heavy (non-hydrogen) atoms. The van der Waals surface area contributed by atoms with Crippen molar-refractivity contribution >= 4 is 11.8 Å². The highest BCUT2D eigenvalue weighted by Crippen LogP contribution is 2.15. The van der Waals surface area contributed by atoms with Crippen LogP contribution in [0.25, 0.3) is 0 Å². The van der Waals surface area contributed by atoms with Gasteiger partial charge in [-0.05, 0) is 25.7 Å². The van der Waals surface area contributed by atoms with Gasteiger partial charge < -0.3 is 10.2 Å². The molecular formula is C11H19N5. The van der Waals surface area contributed by atoms with Crippen LogP contribution in [-0.4, -0.2) is 34.8 Å². The Kier molecular flexibility index (Phi) is 3.91. The average Bonchev–Trinajstić information content (AvgIpc) is 2.38.